The molecule has 2 heterocycles. The number of benzene rings is 1. The Morgan fingerprint density at radius 2 is 1.96 bits per heavy atom. The van der Waals surface area contributed by atoms with Crippen molar-refractivity contribution in [1.82, 2.24) is 4.98 Å². The zero-order valence-corrected chi connectivity index (χ0v) is 14.8. The number of nitrogens with one attached hydrogen (secondary N) is 1. The molecule has 0 aliphatic carbocycles. The van der Waals surface area contributed by atoms with Gasteiger partial charge in [0.1, 0.15) is 0 Å². The van der Waals surface area contributed by atoms with Gasteiger partial charge in [-0.3, -0.25) is 9.59 Å². The molecule has 3 aromatic rings. The van der Waals surface area contributed by atoms with Crippen LogP contribution >= 0.6 is 11.3 Å². The molecule has 7 nitrogen and oxygen atoms in total. The van der Waals surface area contributed by atoms with Crippen LogP contribution in [0.1, 0.15) is 16.1 Å². The number of hydrogen-bond acceptors (Lipinski definition) is 7. The molecule has 1 aromatic carbocycles. The van der Waals surface area contributed by atoms with Gasteiger partial charge in [-0.1, -0.05) is 0 Å². The normalized spacial score (nSPS) is 12.4. The van der Waals surface area contributed by atoms with Crippen LogP contribution in [0.2, 0.25) is 0 Å². The maximum atomic E-state index is 12.1. The Morgan fingerprint density at radius 3 is 2.54 bits per heavy atom. The van der Waals surface area contributed by atoms with Crippen LogP contribution in [0.15, 0.2) is 39.7 Å². The third kappa shape index (κ3) is 3.55. The Hall–Kier alpha value is -3.26. The minimum atomic E-state index is -0.341. The van der Waals surface area contributed by atoms with Crippen molar-refractivity contribution in [3.05, 3.63) is 61.4 Å². The van der Waals surface area contributed by atoms with Crippen molar-refractivity contribution in [1.29, 1.82) is 0 Å². The molecule has 26 heavy (non-hydrogen) atoms. The van der Waals surface area contributed by atoms with Crippen LogP contribution in [0.5, 0.6) is 17.2 Å². The first-order valence-corrected chi connectivity index (χ1v) is 8.29. The number of aromatic nitrogens is 1. The molecule has 0 unspecified atom stereocenters. The zero-order valence-electron chi connectivity index (χ0n) is 13.9. The lowest BCUT2D eigenvalue weighted by Crippen LogP contribution is -2.20. The van der Waals surface area contributed by atoms with E-state index in [-0.39, 0.29) is 34.4 Å². The lowest BCUT2D eigenvalue weighted by Gasteiger charge is -2.09. The summed E-state index contributed by atoms with van der Waals surface area (Å²) in [7, 11) is 2.84. The number of ether oxygens (including phenoxy) is 2. The van der Waals surface area contributed by atoms with Gasteiger partial charge < -0.3 is 24.0 Å². The van der Waals surface area contributed by atoms with Crippen LogP contribution in [-0.4, -0.2) is 30.1 Å². The second kappa shape index (κ2) is 7.32. The molecule has 0 bridgehead atoms. The maximum absolute atomic E-state index is 12.1. The van der Waals surface area contributed by atoms with Crippen LogP contribution in [0.4, 0.5) is 0 Å². The lowest BCUT2D eigenvalue weighted by molar-refractivity contribution is 0.103. The van der Waals surface area contributed by atoms with Gasteiger partial charge in [0, 0.05) is 6.08 Å². The molecule has 2 aromatic heterocycles. The van der Waals surface area contributed by atoms with Crippen molar-refractivity contribution in [3.8, 4) is 17.2 Å². The fraction of sp³-hybridized carbons (Fsp3) is 0.111. The molecular formula is C18H15NO6S. The lowest BCUT2D eigenvalue weighted by atomic mass is 10.1. The van der Waals surface area contributed by atoms with E-state index in [2.05, 4.69) is 4.98 Å². The van der Waals surface area contributed by atoms with E-state index in [1.807, 2.05) is 0 Å². The van der Waals surface area contributed by atoms with Gasteiger partial charge in [-0.25, -0.2) is 0 Å². The van der Waals surface area contributed by atoms with Crippen LogP contribution in [0.25, 0.3) is 12.2 Å². The minimum Gasteiger partial charge on any atom is -0.502 e. The summed E-state index contributed by atoms with van der Waals surface area (Å²) in [5, 5.41) is 9.95. The predicted octanol–water partition coefficient (Wildman–Crippen LogP) is 1.24. The number of phenols is 1. The van der Waals surface area contributed by atoms with Crippen LogP contribution < -0.4 is 24.2 Å². The molecular weight excluding hydrogens is 358 g/mol. The van der Waals surface area contributed by atoms with Gasteiger partial charge in [0.05, 0.1) is 29.7 Å². The first-order chi connectivity index (χ1) is 12.5. The standard InChI is InChI=1S/C18H15NO6S/c1-23-13-6-10(7-14(24-2)17(13)21)8-15-18(22)19-16(26-15)9-11(20)12-4-3-5-25-12/h3-9,21H,1-2H3,(H,19,22)/b15-8+,16-9-. The molecule has 0 aliphatic heterocycles. The molecule has 0 spiro atoms. The minimum absolute atomic E-state index is 0.120. The van der Waals surface area contributed by atoms with E-state index >= 15 is 0 Å². The SMILES string of the molecule is COc1cc(/C=c2/s/c(=C\C(=O)c3ccco3)[nH]c2=O)cc(OC)c1O. The van der Waals surface area contributed by atoms with Crippen molar-refractivity contribution in [3.63, 3.8) is 0 Å². The summed E-state index contributed by atoms with van der Waals surface area (Å²) < 4.78 is 16.0. The molecule has 3 rings (SSSR count). The number of aromatic amines is 1. The van der Waals surface area contributed by atoms with Crippen LogP contribution in [-0.2, 0) is 0 Å². The summed E-state index contributed by atoms with van der Waals surface area (Å²) in [6.07, 6.45) is 4.33. The van der Waals surface area contributed by atoms with Crippen LogP contribution in [0.3, 0.4) is 0 Å². The number of carbonyl (C=O) groups excluding carboxylic acids is 1. The van der Waals surface area contributed by atoms with Crippen molar-refractivity contribution >= 4 is 29.3 Å². The average molecular weight is 373 g/mol. The highest BCUT2D eigenvalue weighted by Crippen LogP contribution is 2.37. The Kier molecular flexibility index (Phi) is 4.94. The number of aromatic hydroxyl groups is 1. The third-order valence-electron chi connectivity index (χ3n) is 3.51. The third-order valence-corrected chi connectivity index (χ3v) is 4.47. The topological polar surface area (TPSA) is 102 Å². The van der Waals surface area contributed by atoms with Gasteiger partial charge in [0.25, 0.3) is 5.56 Å². The van der Waals surface area contributed by atoms with E-state index < -0.39 is 0 Å². The summed E-state index contributed by atoms with van der Waals surface area (Å²) in [6, 6.07) is 6.32. The summed E-state index contributed by atoms with van der Waals surface area (Å²) in [6.45, 7) is 0. The summed E-state index contributed by atoms with van der Waals surface area (Å²) in [4.78, 5) is 26.8. The quantitative estimate of drug-likeness (QED) is 0.653. The molecule has 8 heteroatoms. The number of ketones is 1. The number of Topliss-reactive ketones (excluding diaryl/α,β-unsaturated/α-hetero) is 1. The highest BCUT2D eigenvalue weighted by atomic mass is 32.1. The number of furan rings is 1. The van der Waals surface area contributed by atoms with Gasteiger partial charge in [0.15, 0.2) is 17.3 Å². The van der Waals surface area contributed by atoms with E-state index in [1.54, 1.807) is 30.3 Å². The molecule has 2 N–H and O–H groups in total. The van der Waals surface area contributed by atoms with Crippen molar-refractivity contribution in [2.45, 2.75) is 0 Å². The molecule has 0 amide bonds. The van der Waals surface area contributed by atoms with E-state index in [0.29, 0.717) is 14.8 Å². The number of hydrogen-bond donors (Lipinski definition) is 2. The van der Waals surface area contributed by atoms with Gasteiger partial charge >= 0.3 is 0 Å². The van der Waals surface area contributed by atoms with Gasteiger partial charge in [-0.15, -0.1) is 11.3 Å². The first kappa shape index (κ1) is 17.6. The highest BCUT2D eigenvalue weighted by molar-refractivity contribution is 7.07. The van der Waals surface area contributed by atoms with Crippen molar-refractivity contribution < 1.29 is 23.8 Å². The largest absolute Gasteiger partial charge is 0.502 e. The fourth-order valence-electron chi connectivity index (χ4n) is 2.28. The fourth-order valence-corrected chi connectivity index (χ4v) is 3.17. The molecule has 0 saturated carbocycles. The Morgan fingerprint density at radius 1 is 1.27 bits per heavy atom. The number of phenolic OH excluding ortho intramolecular Hbond substituents is 1. The van der Waals surface area contributed by atoms with E-state index in [4.69, 9.17) is 13.9 Å². The number of H-pyrrole nitrogens is 1. The Balaban J connectivity index is 2.05. The summed E-state index contributed by atoms with van der Waals surface area (Å²) >= 11 is 1.13. The monoisotopic (exact) mass is 373 g/mol. The summed E-state index contributed by atoms with van der Waals surface area (Å²) in [5.74, 6) is 0.182. The Labute approximate surface area is 151 Å². The van der Waals surface area contributed by atoms with E-state index in [1.165, 1.54) is 26.6 Å². The molecule has 0 radical (unpaired) electrons. The smallest absolute Gasteiger partial charge is 0.266 e. The van der Waals surface area contributed by atoms with Crippen molar-refractivity contribution in [2.75, 3.05) is 14.2 Å². The number of thiazole rings is 1. The number of methoxy groups -OCH3 is 2. The second-order valence-corrected chi connectivity index (χ2v) is 6.27. The molecule has 0 atom stereocenters. The van der Waals surface area contributed by atoms with E-state index in [9.17, 15) is 14.7 Å². The van der Waals surface area contributed by atoms with Gasteiger partial charge in [-0.05, 0) is 35.9 Å². The first-order valence-electron chi connectivity index (χ1n) is 7.47. The number of carbonyl (C=O) groups is 1. The molecule has 0 saturated heterocycles. The van der Waals surface area contributed by atoms with Crippen LogP contribution in [0, 0.1) is 0 Å². The van der Waals surface area contributed by atoms with Gasteiger partial charge in [-0.2, -0.15) is 0 Å². The molecule has 0 aliphatic rings. The zero-order chi connectivity index (χ0) is 18.7. The Bertz CT molecular complexity index is 1080. The summed E-state index contributed by atoms with van der Waals surface area (Å²) in [5.41, 5.74) is 0.271. The van der Waals surface area contributed by atoms with Crippen molar-refractivity contribution in [2.24, 2.45) is 0 Å². The second-order valence-electron chi connectivity index (χ2n) is 5.19. The predicted molar refractivity (Wildman–Crippen MR) is 96.5 cm³/mol. The maximum Gasteiger partial charge on any atom is 0.266 e. The average Bonchev–Trinajstić information content (AvgIpc) is 3.27. The van der Waals surface area contributed by atoms with Gasteiger partial charge in [0.2, 0.25) is 11.5 Å². The number of rotatable bonds is 5. The van der Waals surface area contributed by atoms with E-state index in [0.717, 1.165) is 11.3 Å². The highest BCUT2D eigenvalue weighted by Gasteiger charge is 2.10. The molecule has 0 fully saturated rings. The molecule has 134 valence electrons.